The molecule has 0 aliphatic rings. The van der Waals surface area contributed by atoms with Gasteiger partial charge in [0.05, 0.1) is 26.0 Å². The van der Waals surface area contributed by atoms with Gasteiger partial charge in [-0.1, -0.05) is 26.2 Å². The smallest absolute Gasteiger partial charge is 0.161 e. The molecule has 0 spiro atoms. The van der Waals surface area contributed by atoms with Crippen LogP contribution < -0.4 is 14.9 Å². The molecular weight excluding hydrogens is 294 g/mol. The molecule has 0 saturated carbocycles. The van der Waals surface area contributed by atoms with E-state index in [4.69, 9.17) is 19.5 Å². The quantitative estimate of drug-likeness (QED) is 0.277. The number of hydrogen-bond acceptors (Lipinski definition) is 6. The number of rotatable bonds is 12. The molecule has 1 rings (SSSR count). The molecule has 6 heteroatoms. The van der Waals surface area contributed by atoms with Crippen LogP contribution in [-0.4, -0.2) is 33.3 Å². The summed E-state index contributed by atoms with van der Waals surface area (Å²) < 4.78 is 16.0. The van der Waals surface area contributed by atoms with Crippen LogP contribution in [0.5, 0.6) is 11.5 Å². The van der Waals surface area contributed by atoms with Crippen molar-refractivity contribution in [1.82, 2.24) is 5.43 Å². The van der Waals surface area contributed by atoms with Crippen molar-refractivity contribution in [1.29, 1.82) is 5.26 Å². The number of methoxy groups -OCH3 is 1. The van der Waals surface area contributed by atoms with Crippen LogP contribution in [0.25, 0.3) is 0 Å². The minimum atomic E-state index is 0.0423. The zero-order chi connectivity index (χ0) is 16.8. The molecule has 6 nitrogen and oxygen atoms in total. The van der Waals surface area contributed by atoms with Crippen molar-refractivity contribution < 1.29 is 14.2 Å². The van der Waals surface area contributed by atoms with Gasteiger partial charge in [0.25, 0.3) is 0 Å². The Kier molecular flexibility index (Phi) is 10.0. The van der Waals surface area contributed by atoms with Crippen molar-refractivity contribution in [3.05, 3.63) is 23.8 Å². The summed E-state index contributed by atoms with van der Waals surface area (Å²) in [4.78, 5) is 0. The van der Waals surface area contributed by atoms with Crippen LogP contribution in [0, 0.1) is 11.3 Å². The molecule has 0 unspecified atom stereocenters. The summed E-state index contributed by atoms with van der Waals surface area (Å²) in [6.45, 7) is 3.12. The lowest BCUT2D eigenvalue weighted by Crippen LogP contribution is -2.11. The summed E-state index contributed by atoms with van der Waals surface area (Å²) in [5.74, 6) is 1.43. The fourth-order valence-electron chi connectivity index (χ4n) is 1.89. The molecular formula is C17H25N3O3. The minimum Gasteiger partial charge on any atom is -0.493 e. The first-order valence-corrected chi connectivity index (χ1v) is 7.83. The van der Waals surface area contributed by atoms with Gasteiger partial charge in [-0.15, -0.1) is 0 Å². The summed E-state index contributed by atoms with van der Waals surface area (Å²) in [5, 5.41) is 12.3. The third kappa shape index (κ3) is 8.07. The molecule has 23 heavy (non-hydrogen) atoms. The van der Waals surface area contributed by atoms with E-state index in [-0.39, 0.29) is 13.3 Å². The Hall–Kier alpha value is -2.26. The lowest BCUT2D eigenvalue weighted by Gasteiger charge is -2.11. The average molecular weight is 319 g/mol. The maximum absolute atomic E-state index is 8.32. The average Bonchev–Trinajstić information content (AvgIpc) is 2.58. The summed E-state index contributed by atoms with van der Waals surface area (Å²) in [6, 6.07) is 7.53. The Bertz CT molecular complexity index is 512. The first kappa shape index (κ1) is 18.8. The number of benzene rings is 1. The monoisotopic (exact) mass is 319 g/mol. The molecule has 0 aliphatic heterocycles. The van der Waals surface area contributed by atoms with Crippen LogP contribution in [0.15, 0.2) is 23.3 Å². The summed E-state index contributed by atoms with van der Waals surface area (Å²) in [6.07, 6.45) is 6.34. The van der Waals surface area contributed by atoms with Crippen LogP contribution in [-0.2, 0) is 4.74 Å². The Balaban J connectivity index is 2.45. The van der Waals surface area contributed by atoms with Crippen molar-refractivity contribution in [3.8, 4) is 17.6 Å². The van der Waals surface area contributed by atoms with Gasteiger partial charge in [-0.25, -0.2) is 0 Å². The molecule has 0 bridgehead atoms. The van der Waals surface area contributed by atoms with E-state index < -0.39 is 0 Å². The highest BCUT2D eigenvalue weighted by molar-refractivity contribution is 5.80. The largest absolute Gasteiger partial charge is 0.493 e. The van der Waals surface area contributed by atoms with E-state index in [1.54, 1.807) is 13.3 Å². The second kappa shape index (κ2) is 12.3. The SMILES string of the molecule is CCCCCCOc1ccc(/C=N/NCOCC#N)cc1OC. The highest BCUT2D eigenvalue weighted by atomic mass is 16.5. The second-order valence-electron chi connectivity index (χ2n) is 4.89. The minimum absolute atomic E-state index is 0.0423. The van der Waals surface area contributed by atoms with E-state index in [1.165, 1.54) is 19.3 Å². The zero-order valence-corrected chi connectivity index (χ0v) is 13.9. The maximum atomic E-state index is 8.32. The van der Waals surface area contributed by atoms with Crippen molar-refractivity contribution in [3.63, 3.8) is 0 Å². The van der Waals surface area contributed by atoms with Crippen molar-refractivity contribution in [2.24, 2.45) is 5.10 Å². The van der Waals surface area contributed by atoms with E-state index in [1.807, 2.05) is 24.3 Å². The Morgan fingerprint density at radius 3 is 2.87 bits per heavy atom. The van der Waals surface area contributed by atoms with E-state index in [0.29, 0.717) is 12.4 Å². The Labute approximate surface area is 138 Å². The van der Waals surface area contributed by atoms with Gasteiger partial charge in [0, 0.05) is 0 Å². The summed E-state index contributed by atoms with van der Waals surface area (Å²) in [5.41, 5.74) is 3.58. The molecule has 0 saturated heterocycles. The third-order valence-corrected chi connectivity index (χ3v) is 3.08. The predicted molar refractivity (Wildman–Crippen MR) is 89.8 cm³/mol. The highest BCUT2D eigenvalue weighted by Crippen LogP contribution is 2.27. The van der Waals surface area contributed by atoms with Gasteiger partial charge in [0.2, 0.25) is 0 Å². The molecule has 0 atom stereocenters. The van der Waals surface area contributed by atoms with Gasteiger partial charge in [-0.3, -0.25) is 5.43 Å². The first-order chi connectivity index (χ1) is 11.3. The molecule has 0 fully saturated rings. The lowest BCUT2D eigenvalue weighted by molar-refractivity contribution is 0.147. The predicted octanol–water partition coefficient (Wildman–Crippen LogP) is 3.08. The number of ether oxygens (including phenoxy) is 3. The van der Waals surface area contributed by atoms with E-state index in [0.717, 1.165) is 17.7 Å². The number of unbranched alkanes of at least 4 members (excludes halogenated alkanes) is 3. The third-order valence-electron chi connectivity index (χ3n) is 3.08. The number of hydrazone groups is 1. The number of nitrogens with one attached hydrogen (secondary N) is 1. The number of hydrogen-bond donors (Lipinski definition) is 1. The molecule has 1 N–H and O–H groups in total. The van der Waals surface area contributed by atoms with Crippen LogP contribution in [0.3, 0.4) is 0 Å². The molecule has 0 radical (unpaired) electrons. The first-order valence-electron chi connectivity index (χ1n) is 7.83. The number of nitrogens with zero attached hydrogens (tertiary/aromatic N) is 2. The topological polar surface area (TPSA) is 75.9 Å². The van der Waals surface area contributed by atoms with Crippen LogP contribution in [0.2, 0.25) is 0 Å². The Morgan fingerprint density at radius 1 is 1.26 bits per heavy atom. The normalized spacial score (nSPS) is 10.5. The van der Waals surface area contributed by atoms with E-state index >= 15 is 0 Å². The van der Waals surface area contributed by atoms with Crippen molar-refractivity contribution >= 4 is 6.21 Å². The van der Waals surface area contributed by atoms with Gasteiger partial charge in [-0.05, 0) is 30.2 Å². The van der Waals surface area contributed by atoms with Gasteiger partial charge in [0.15, 0.2) is 11.5 Å². The van der Waals surface area contributed by atoms with E-state index in [2.05, 4.69) is 17.5 Å². The second-order valence-corrected chi connectivity index (χ2v) is 4.89. The molecule has 0 heterocycles. The molecule has 1 aromatic rings. The lowest BCUT2D eigenvalue weighted by atomic mass is 10.2. The molecule has 0 amide bonds. The van der Waals surface area contributed by atoms with E-state index in [9.17, 15) is 0 Å². The van der Waals surface area contributed by atoms with Gasteiger partial charge >= 0.3 is 0 Å². The summed E-state index contributed by atoms with van der Waals surface area (Å²) >= 11 is 0. The van der Waals surface area contributed by atoms with Gasteiger partial charge in [-0.2, -0.15) is 10.4 Å². The highest BCUT2D eigenvalue weighted by Gasteiger charge is 2.04. The summed E-state index contributed by atoms with van der Waals surface area (Å²) in [7, 11) is 1.62. The fourth-order valence-corrected chi connectivity index (χ4v) is 1.89. The molecule has 0 aromatic heterocycles. The fraction of sp³-hybridized carbons (Fsp3) is 0.529. The maximum Gasteiger partial charge on any atom is 0.161 e. The van der Waals surface area contributed by atoms with Gasteiger partial charge in [0.1, 0.15) is 13.3 Å². The van der Waals surface area contributed by atoms with Gasteiger partial charge < -0.3 is 14.2 Å². The van der Waals surface area contributed by atoms with Crippen LogP contribution >= 0.6 is 0 Å². The van der Waals surface area contributed by atoms with Crippen molar-refractivity contribution in [2.75, 3.05) is 27.1 Å². The Morgan fingerprint density at radius 2 is 2.13 bits per heavy atom. The molecule has 0 aliphatic carbocycles. The number of nitriles is 1. The van der Waals surface area contributed by atoms with Crippen LogP contribution in [0.1, 0.15) is 38.2 Å². The molecule has 126 valence electrons. The van der Waals surface area contributed by atoms with Crippen molar-refractivity contribution in [2.45, 2.75) is 32.6 Å². The standard InChI is InChI=1S/C17H25N3O3/c1-3-4-5-6-10-23-16-8-7-15(12-17(16)21-2)13-19-20-14-22-11-9-18/h7-8,12-13,20H,3-6,10-11,14H2,1-2H3/b19-13+. The van der Waals surface area contributed by atoms with Crippen LogP contribution in [0.4, 0.5) is 0 Å². The zero-order valence-electron chi connectivity index (χ0n) is 13.9. The molecule has 1 aromatic carbocycles.